The molecule has 1 aliphatic rings. The minimum Gasteiger partial charge on any atom is -0.383 e. The number of hydrogen-bond acceptors (Lipinski definition) is 4. The van der Waals surface area contributed by atoms with E-state index in [1.54, 1.807) is 7.11 Å². The highest BCUT2D eigenvalue weighted by Gasteiger charge is 2.26. The summed E-state index contributed by atoms with van der Waals surface area (Å²) < 4.78 is 5.02. The van der Waals surface area contributed by atoms with Gasteiger partial charge in [-0.25, -0.2) is 0 Å². The standard InChI is InChI=1S/C14H22N2O2S/c1-10(9-18-3)15-14(17)8-16-6-4-13-12(11(16)2)5-7-19-13/h5,7,10-11H,4,6,8-9H2,1-3H3,(H,15,17)/t10-,11-/m0/s1. The van der Waals surface area contributed by atoms with Crippen LogP contribution in [-0.2, 0) is 16.0 Å². The molecule has 4 nitrogen and oxygen atoms in total. The molecule has 0 aromatic carbocycles. The molecule has 0 aliphatic carbocycles. The van der Waals surface area contributed by atoms with Gasteiger partial charge in [0.1, 0.15) is 0 Å². The number of hydrogen-bond donors (Lipinski definition) is 1. The first-order chi connectivity index (χ1) is 9.11. The van der Waals surface area contributed by atoms with Crippen LogP contribution in [0.4, 0.5) is 0 Å². The Hall–Kier alpha value is -0.910. The molecule has 2 atom stereocenters. The number of nitrogens with zero attached hydrogens (tertiary/aromatic N) is 1. The van der Waals surface area contributed by atoms with Crippen LogP contribution in [0, 0.1) is 0 Å². The first-order valence-electron chi connectivity index (χ1n) is 6.70. The molecule has 1 aromatic rings. The van der Waals surface area contributed by atoms with Crippen LogP contribution < -0.4 is 5.32 Å². The van der Waals surface area contributed by atoms with Gasteiger partial charge >= 0.3 is 0 Å². The Labute approximate surface area is 118 Å². The van der Waals surface area contributed by atoms with Gasteiger partial charge in [-0.1, -0.05) is 0 Å². The third kappa shape index (κ3) is 3.55. The molecule has 0 unspecified atom stereocenters. The van der Waals surface area contributed by atoms with E-state index >= 15 is 0 Å². The van der Waals surface area contributed by atoms with Gasteiger partial charge in [-0.15, -0.1) is 11.3 Å². The van der Waals surface area contributed by atoms with Crippen LogP contribution in [0.15, 0.2) is 11.4 Å². The van der Waals surface area contributed by atoms with Gasteiger partial charge in [-0.2, -0.15) is 0 Å². The van der Waals surface area contributed by atoms with Crippen LogP contribution in [0.3, 0.4) is 0 Å². The van der Waals surface area contributed by atoms with Gasteiger partial charge in [-0.05, 0) is 37.3 Å². The fourth-order valence-corrected chi connectivity index (χ4v) is 3.54. The lowest BCUT2D eigenvalue weighted by molar-refractivity contribution is -0.123. The Bertz CT molecular complexity index is 433. The van der Waals surface area contributed by atoms with E-state index in [9.17, 15) is 4.79 Å². The molecule has 0 spiro atoms. The Morgan fingerprint density at radius 2 is 2.47 bits per heavy atom. The quantitative estimate of drug-likeness (QED) is 0.895. The maximum atomic E-state index is 12.0. The summed E-state index contributed by atoms with van der Waals surface area (Å²) in [5.41, 5.74) is 1.38. The van der Waals surface area contributed by atoms with Gasteiger partial charge in [0.15, 0.2) is 0 Å². The summed E-state index contributed by atoms with van der Waals surface area (Å²) in [5.74, 6) is 0.0788. The number of rotatable bonds is 5. The van der Waals surface area contributed by atoms with Crippen molar-refractivity contribution in [2.24, 2.45) is 0 Å². The summed E-state index contributed by atoms with van der Waals surface area (Å²) in [6, 6.07) is 2.58. The molecule has 0 saturated carbocycles. The fraction of sp³-hybridized carbons (Fsp3) is 0.643. The number of methoxy groups -OCH3 is 1. The van der Waals surface area contributed by atoms with Crippen LogP contribution in [0.5, 0.6) is 0 Å². The first kappa shape index (κ1) is 14.5. The molecular formula is C14H22N2O2S. The number of carbonyl (C=O) groups excluding carboxylic acids is 1. The molecule has 19 heavy (non-hydrogen) atoms. The monoisotopic (exact) mass is 282 g/mol. The van der Waals surface area contributed by atoms with Crippen molar-refractivity contribution in [3.8, 4) is 0 Å². The minimum absolute atomic E-state index is 0.0642. The third-order valence-electron chi connectivity index (χ3n) is 3.57. The summed E-state index contributed by atoms with van der Waals surface area (Å²) in [6.45, 7) is 6.11. The van der Waals surface area contributed by atoms with Crippen molar-refractivity contribution < 1.29 is 9.53 Å². The number of nitrogens with one attached hydrogen (secondary N) is 1. The third-order valence-corrected chi connectivity index (χ3v) is 4.57. The highest BCUT2D eigenvalue weighted by molar-refractivity contribution is 7.10. The zero-order valence-corrected chi connectivity index (χ0v) is 12.6. The van der Waals surface area contributed by atoms with Crippen molar-refractivity contribution in [3.05, 3.63) is 21.9 Å². The number of thiophene rings is 1. The van der Waals surface area contributed by atoms with Crippen LogP contribution >= 0.6 is 11.3 Å². The average molecular weight is 282 g/mol. The van der Waals surface area contributed by atoms with Crippen LogP contribution in [0.2, 0.25) is 0 Å². The van der Waals surface area contributed by atoms with Crippen molar-refractivity contribution in [3.63, 3.8) is 0 Å². The van der Waals surface area contributed by atoms with Gasteiger partial charge in [0.05, 0.1) is 13.2 Å². The average Bonchev–Trinajstić information content (AvgIpc) is 2.82. The number of carbonyl (C=O) groups is 1. The summed E-state index contributed by atoms with van der Waals surface area (Å²) in [4.78, 5) is 15.7. The van der Waals surface area contributed by atoms with Crippen LogP contribution in [0.25, 0.3) is 0 Å². The number of amides is 1. The Morgan fingerprint density at radius 3 is 3.21 bits per heavy atom. The lowest BCUT2D eigenvalue weighted by Crippen LogP contribution is -2.44. The minimum atomic E-state index is 0.0642. The maximum Gasteiger partial charge on any atom is 0.234 e. The van der Waals surface area contributed by atoms with E-state index in [0.717, 1.165) is 13.0 Å². The molecule has 0 radical (unpaired) electrons. The summed E-state index contributed by atoms with van der Waals surface area (Å²) >= 11 is 1.82. The van der Waals surface area contributed by atoms with Crippen molar-refractivity contribution >= 4 is 17.2 Å². The molecule has 0 fully saturated rings. The Kier molecular flexibility index (Phi) is 4.96. The molecule has 2 heterocycles. The molecule has 0 bridgehead atoms. The van der Waals surface area contributed by atoms with Gasteiger partial charge < -0.3 is 10.1 Å². The Balaban J connectivity index is 1.88. The van der Waals surface area contributed by atoms with E-state index in [0.29, 0.717) is 19.2 Å². The van der Waals surface area contributed by atoms with E-state index in [1.165, 1.54) is 10.4 Å². The second kappa shape index (κ2) is 6.50. The molecule has 2 rings (SSSR count). The van der Waals surface area contributed by atoms with Gasteiger partial charge in [0.25, 0.3) is 0 Å². The second-order valence-corrected chi connectivity index (χ2v) is 6.12. The number of fused-ring (bicyclic) bond motifs is 1. The largest absolute Gasteiger partial charge is 0.383 e. The van der Waals surface area contributed by atoms with Crippen molar-refractivity contribution in [1.29, 1.82) is 0 Å². The second-order valence-electron chi connectivity index (χ2n) is 5.12. The molecule has 106 valence electrons. The molecule has 5 heteroatoms. The smallest absolute Gasteiger partial charge is 0.234 e. The molecule has 1 aromatic heterocycles. The zero-order chi connectivity index (χ0) is 13.8. The van der Waals surface area contributed by atoms with Crippen molar-refractivity contribution in [2.45, 2.75) is 32.4 Å². The van der Waals surface area contributed by atoms with Gasteiger partial charge in [-0.3, -0.25) is 9.69 Å². The van der Waals surface area contributed by atoms with E-state index in [1.807, 2.05) is 18.3 Å². The zero-order valence-electron chi connectivity index (χ0n) is 11.8. The van der Waals surface area contributed by atoms with E-state index in [4.69, 9.17) is 4.74 Å². The van der Waals surface area contributed by atoms with E-state index < -0.39 is 0 Å². The predicted molar refractivity (Wildman–Crippen MR) is 77.5 cm³/mol. The normalized spacial score (nSPS) is 20.9. The van der Waals surface area contributed by atoms with Gasteiger partial charge in [0, 0.05) is 30.6 Å². The lowest BCUT2D eigenvalue weighted by Gasteiger charge is -2.33. The molecule has 0 saturated heterocycles. The van der Waals surface area contributed by atoms with E-state index in [2.05, 4.69) is 28.6 Å². The predicted octanol–water partition coefficient (Wildman–Crippen LogP) is 1.82. The summed E-state index contributed by atoms with van der Waals surface area (Å²) in [6.07, 6.45) is 1.05. The molecule has 1 N–H and O–H groups in total. The highest BCUT2D eigenvalue weighted by atomic mass is 32.1. The van der Waals surface area contributed by atoms with Gasteiger partial charge in [0.2, 0.25) is 5.91 Å². The summed E-state index contributed by atoms with van der Waals surface area (Å²) in [7, 11) is 1.65. The van der Waals surface area contributed by atoms with Crippen LogP contribution in [-0.4, -0.2) is 43.7 Å². The SMILES string of the molecule is COC[C@H](C)NC(=O)CN1CCc2sccc2[C@@H]1C. The van der Waals surface area contributed by atoms with Crippen molar-refractivity contribution in [2.75, 3.05) is 26.8 Å². The summed E-state index contributed by atoms with van der Waals surface area (Å²) in [5, 5.41) is 5.11. The fourth-order valence-electron chi connectivity index (χ4n) is 2.57. The van der Waals surface area contributed by atoms with E-state index in [-0.39, 0.29) is 11.9 Å². The van der Waals surface area contributed by atoms with Crippen molar-refractivity contribution in [1.82, 2.24) is 10.2 Å². The first-order valence-corrected chi connectivity index (χ1v) is 7.58. The lowest BCUT2D eigenvalue weighted by atomic mass is 10.0. The Morgan fingerprint density at radius 1 is 1.68 bits per heavy atom. The highest BCUT2D eigenvalue weighted by Crippen LogP contribution is 2.32. The topological polar surface area (TPSA) is 41.6 Å². The number of ether oxygens (including phenoxy) is 1. The maximum absolute atomic E-state index is 12.0. The molecular weight excluding hydrogens is 260 g/mol. The molecule has 1 aliphatic heterocycles. The molecule has 1 amide bonds. The van der Waals surface area contributed by atoms with Crippen LogP contribution in [0.1, 0.15) is 30.3 Å².